The summed E-state index contributed by atoms with van der Waals surface area (Å²) in [5.74, 6) is 7.46. The number of hydrogen-bond acceptors (Lipinski definition) is 1. The third-order valence-corrected chi connectivity index (χ3v) is 2.17. The van der Waals surface area contributed by atoms with Crippen molar-refractivity contribution < 1.29 is 4.74 Å². The third-order valence-electron chi connectivity index (χ3n) is 2.17. The Kier molecular flexibility index (Phi) is 4.77. The topological polar surface area (TPSA) is 9.23 Å². The van der Waals surface area contributed by atoms with Gasteiger partial charge in [0.05, 0.1) is 6.61 Å². The SMILES string of the molecule is CC#CC(C)Cc1ccc(OCC)cc1. The Morgan fingerprint density at radius 2 is 1.93 bits per heavy atom. The summed E-state index contributed by atoms with van der Waals surface area (Å²) in [6.07, 6.45) is 1.01. The van der Waals surface area contributed by atoms with Crippen LogP contribution in [0.5, 0.6) is 5.75 Å². The van der Waals surface area contributed by atoms with Crippen molar-refractivity contribution in [2.45, 2.75) is 27.2 Å². The van der Waals surface area contributed by atoms with E-state index in [9.17, 15) is 0 Å². The van der Waals surface area contributed by atoms with E-state index >= 15 is 0 Å². The smallest absolute Gasteiger partial charge is 0.119 e. The van der Waals surface area contributed by atoms with Crippen molar-refractivity contribution in [2.75, 3.05) is 6.61 Å². The highest BCUT2D eigenvalue weighted by Crippen LogP contribution is 2.14. The van der Waals surface area contributed by atoms with Gasteiger partial charge < -0.3 is 4.74 Å². The molecule has 1 rings (SSSR count). The first-order valence-corrected chi connectivity index (χ1v) is 5.40. The second-order valence-corrected chi connectivity index (χ2v) is 3.58. The lowest BCUT2D eigenvalue weighted by atomic mass is 10.0. The molecule has 80 valence electrons. The van der Waals surface area contributed by atoms with Crippen LogP contribution in [0.2, 0.25) is 0 Å². The van der Waals surface area contributed by atoms with Crippen LogP contribution in [-0.4, -0.2) is 6.61 Å². The molecule has 0 saturated carbocycles. The molecule has 1 atom stereocenters. The van der Waals surface area contributed by atoms with Crippen LogP contribution in [0.15, 0.2) is 24.3 Å². The monoisotopic (exact) mass is 202 g/mol. The summed E-state index contributed by atoms with van der Waals surface area (Å²) in [5.41, 5.74) is 1.31. The molecule has 0 aliphatic heterocycles. The largest absolute Gasteiger partial charge is 0.494 e. The molecule has 0 bridgehead atoms. The normalized spacial score (nSPS) is 11.4. The lowest BCUT2D eigenvalue weighted by Crippen LogP contribution is -1.97. The highest BCUT2D eigenvalue weighted by atomic mass is 16.5. The van der Waals surface area contributed by atoms with Crippen molar-refractivity contribution in [1.29, 1.82) is 0 Å². The van der Waals surface area contributed by atoms with Crippen molar-refractivity contribution >= 4 is 0 Å². The van der Waals surface area contributed by atoms with Gasteiger partial charge in [0.25, 0.3) is 0 Å². The van der Waals surface area contributed by atoms with Gasteiger partial charge in [-0.2, -0.15) is 0 Å². The van der Waals surface area contributed by atoms with E-state index in [0.717, 1.165) is 18.8 Å². The van der Waals surface area contributed by atoms with Crippen LogP contribution in [0.4, 0.5) is 0 Å². The van der Waals surface area contributed by atoms with Crippen LogP contribution >= 0.6 is 0 Å². The summed E-state index contributed by atoms with van der Waals surface area (Å²) in [5, 5.41) is 0. The van der Waals surface area contributed by atoms with E-state index in [0.29, 0.717) is 5.92 Å². The molecule has 0 fully saturated rings. The van der Waals surface area contributed by atoms with Crippen molar-refractivity contribution in [3.8, 4) is 17.6 Å². The van der Waals surface area contributed by atoms with Gasteiger partial charge in [-0.05, 0) is 38.0 Å². The van der Waals surface area contributed by atoms with E-state index in [1.54, 1.807) is 0 Å². The molecule has 0 aliphatic rings. The second-order valence-electron chi connectivity index (χ2n) is 3.58. The first-order chi connectivity index (χ1) is 7.26. The summed E-state index contributed by atoms with van der Waals surface area (Å²) in [6, 6.07) is 8.26. The van der Waals surface area contributed by atoms with Gasteiger partial charge in [-0.25, -0.2) is 0 Å². The van der Waals surface area contributed by atoms with Gasteiger partial charge in [0.15, 0.2) is 0 Å². The average Bonchev–Trinajstić information content (AvgIpc) is 2.22. The second kappa shape index (κ2) is 6.14. The minimum atomic E-state index is 0.424. The fourth-order valence-electron chi connectivity index (χ4n) is 1.54. The van der Waals surface area contributed by atoms with Crippen LogP contribution in [0.1, 0.15) is 26.3 Å². The highest BCUT2D eigenvalue weighted by Gasteiger charge is 2.00. The summed E-state index contributed by atoms with van der Waals surface area (Å²) in [7, 11) is 0. The van der Waals surface area contributed by atoms with Gasteiger partial charge in [-0.1, -0.05) is 19.1 Å². The quantitative estimate of drug-likeness (QED) is 0.681. The Labute approximate surface area is 92.5 Å². The molecule has 0 N–H and O–H groups in total. The fourth-order valence-corrected chi connectivity index (χ4v) is 1.54. The lowest BCUT2D eigenvalue weighted by Gasteiger charge is -2.06. The number of ether oxygens (including phenoxy) is 1. The van der Waals surface area contributed by atoms with Gasteiger partial charge in [0.1, 0.15) is 5.75 Å². The fraction of sp³-hybridized carbons (Fsp3) is 0.429. The maximum atomic E-state index is 5.39. The zero-order valence-electron chi connectivity index (χ0n) is 9.71. The van der Waals surface area contributed by atoms with Crippen molar-refractivity contribution in [1.82, 2.24) is 0 Å². The van der Waals surface area contributed by atoms with E-state index < -0.39 is 0 Å². The molecule has 1 heteroatoms. The van der Waals surface area contributed by atoms with E-state index in [-0.39, 0.29) is 0 Å². The first kappa shape index (κ1) is 11.7. The first-order valence-electron chi connectivity index (χ1n) is 5.40. The van der Waals surface area contributed by atoms with Gasteiger partial charge in [-0.3, -0.25) is 0 Å². The minimum absolute atomic E-state index is 0.424. The molecular weight excluding hydrogens is 184 g/mol. The van der Waals surface area contributed by atoms with E-state index in [2.05, 4.69) is 30.9 Å². The maximum Gasteiger partial charge on any atom is 0.119 e. The van der Waals surface area contributed by atoms with E-state index in [1.165, 1.54) is 5.56 Å². The van der Waals surface area contributed by atoms with Crippen molar-refractivity contribution in [3.05, 3.63) is 29.8 Å². The third kappa shape index (κ3) is 4.08. The molecule has 0 spiro atoms. The predicted octanol–water partition coefficient (Wildman–Crippen LogP) is 3.29. The number of rotatable bonds is 4. The molecule has 1 aromatic rings. The molecule has 0 amide bonds. The lowest BCUT2D eigenvalue weighted by molar-refractivity contribution is 0.340. The summed E-state index contributed by atoms with van der Waals surface area (Å²) in [6.45, 7) is 6.74. The Hall–Kier alpha value is -1.42. The molecule has 1 nitrogen and oxygen atoms in total. The summed E-state index contributed by atoms with van der Waals surface area (Å²) < 4.78 is 5.39. The van der Waals surface area contributed by atoms with Crippen LogP contribution in [0.3, 0.4) is 0 Å². The molecular formula is C14H18O. The minimum Gasteiger partial charge on any atom is -0.494 e. The molecule has 0 saturated heterocycles. The molecule has 0 aliphatic carbocycles. The van der Waals surface area contributed by atoms with Crippen LogP contribution < -0.4 is 4.74 Å². The Balaban J connectivity index is 2.58. The Bertz CT molecular complexity index is 340. The standard InChI is InChI=1S/C14H18O/c1-4-6-12(3)11-13-7-9-14(10-8-13)15-5-2/h7-10,12H,5,11H2,1-3H3. The molecule has 0 radical (unpaired) electrons. The highest BCUT2D eigenvalue weighted by molar-refractivity contribution is 5.28. The zero-order valence-corrected chi connectivity index (χ0v) is 9.71. The van der Waals surface area contributed by atoms with Crippen molar-refractivity contribution in [3.63, 3.8) is 0 Å². The van der Waals surface area contributed by atoms with Gasteiger partial charge in [0, 0.05) is 5.92 Å². The molecule has 1 unspecified atom stereocenters. The zero-order chi connectivity index (χ0) is 11.1. The molecule has 0 heterocycles. The van der Waals surface area contributed by atoms with Crippen molar-refractivity contribution in [2.24, 2.45) is 5.92 Å². The van der Waals surface area contributed by atoms with E-state index in [4.69, 9.17) is 4.74 Å². The van der Waals surface area contributed by atoms with Gasteiger partial charge in [-0.15, -0.1) is 11.8 Å². The van der Waals surface area contributed by atoms with E-state index in [1.807, 2.05) is 26.0 Å². The average molecular weight is 202 g/mol. The number of benzene rings is 1. The van der Waals surface area contributed by atoms with Gasteiger partial charge >= 0.3 is 0 Å². The maximum absolute atomic E-state index is 5.39. The molecule has 0 aromatic heterocycles. The Morgan fingerprint density at radius 3 is 2.47 bits per heavy atom. The summed E-state index contributed by atoms with van der Waals surface area (Å²) >= 11 is 0. The molecule has 1 aromatic carbocycles. The number of hydrogen-bond donors (Lipinski definition) is 0. The summed E-state index contributed by atoms with van der Waals surface area (Å²) in [4.78, 5) is 0. The van der Waals surface area contributed by atoms with Crippen LogP contribution in [-0.2, 0) is 6.42 Å². The molecule has 15 heavy (non-hydrogen) atoms. The van der Waals surface area contributed by atoms with Crippen LogP contribution in [0, 0.1) is 17.8 Å². The van der Waals surface area contributed by atoms with Gasteiger partial charge in [0.2, 0.25) is 0 Å². The predicted molar refractivity (Wildman–Crippen MR) is 63.9 cm³/mol. The van der Waals surface area contributed by atoms with Crippen LogP contribution in [0.25, 0.3) is 0 Å². The Morgan fingerprint density at radius 1 is 1.27 bits per heavy atom.